The molecule has 0 fully saturated rings. The van der Waals surface area contributed by atoms with Gasteiger partial charge in [0.15, 0.2) is 0 Å². The molecule has 2 N–H and O–H groups in total. The Bertz CT molecular complexity index is 309. The zero-order valence-electron chi connectivity index (χ0n) is 8.67. The highest BCUT2D eigenvalue weighted by Gasteiger charge is 2.09. The Morgan fingerprint density at radius 1 is 1.50 bits per heavy atom. The van der Waals surface area contributed by atoms with Gasteiger partial charge in [0.2, 0.25) is 0 Å². The average Bonchev–Trinajstić information content (AvgIpc) is 2.59. The van der Waals surface area contributed by atoms with Crippen molar-refractivity contribution in [3.05, 3.63) is 20.8 Å². The standard InChI is InChI=1S/C10H14BrF2NOS/c11-8-2-4-16-9(8)5-7(14)1-3-15-6-10(12)13/h2,4,7,10H,1,3,5-6,14H2. The van der Waals surface area contributed by atoms with Gasteiger partial charge in [-0.15, -0.1) is 11.3 Å². The van der Waals surface area contributed by atoms with E-state index < -0.39 is 13.0 Å². The van der Waals surface area contributed by atoms with Gasteiger partial charge < -0.3 is 10.5 Å². The van der Waals surface area contributed by atoms with Crippen molar-refractivity contribution in [3.63, 3.8) is 0 Å². The summed E-state index contributed by atoms with van der Waals surface area (Å²) >= 11 is 5.05. The first-order valence-electron chi connectivity index (χ1n) is 4.93. The summed E-state index contributed by atoms with van der Waals surface area (Å²) in [7, 11) is 0. The molecule has 0 aliphatic rings. The van der Waals surface area contributed by atoms with Gasteiger partial charge in [-0.2, -0.15) is 0 Å². The molecule has 6 heteroatoms. The fourth-order valence-corrected chi connectivity index (χ4v) is 2.83. The molecule has 0 aliphatic heterocycles. The van der Waals surface area contributed by atoms with E-state index in [0.717, 1.165) is 10.9 Å². The second-order valence-corrected chi connectivity index (χ2v) is 5.27. The van der Waals surface area contributed by atoms with Crippen molar-refractivity contribution in [1.82, 2.24) is 0 Å². The van der Waals surface area contributed by atoms with Crippen LogP contribution in [0.3, 0.4) is 0 Å². The van der Waals surface area contributed by atoms with Crippen LogP contribution < -0.4 is 5.73 Å². The first-order valence-corrected chi connectivity index (χ1v) is 6.60. The van der Waals surface area contributed by atoms with Crippen LogP contribution in [0.15, 0.2) is 15.9 Å². The van der Waals surface area contributed by atoms with E-state index in [9.17, 15) is 8.78 Å². The van der Waals surface area contributed by atoms with Crippen molar-refractivity contribution in [2.75, 3.05) is 13.2 Å². The van der Waals surface area contributed by atoms with Gasteiger partial charge in [0, 0.05) is 22.0 Å². The smallest absolute Gasteiger partial charge is 0.261 e. The van der Waals surface area contributed by atoms with Gasteiger partial charge in [0.1, 0.15) is 6.61 Å². The lowest BCUT2D eigenvalue weighted by Crippen LogP contribution is -2.24. The molecule has 1 aromatic heterocycles. The minimum Gasteiger partial charge on any atom is -0.375 e. The van der Waals surface area contributed by atoms with Crippen LogP contribution in [0, 0.1) is 0 Å². The molecule has 0 spiro atoms. The monoisotopic (exact) mass is 313 g/mol. The normalized spacial score (nSPS) is 13.3. The minimum atomic E-state index is -2.40. The molecule has 0 saturated heterocycles. The number of rotatable bonds is 7. The third-order valence-electron chi connectivity index (χ3n) is 2.02. The molecule has 0 bridgehead atoms. The van der Waals surface area contributed by atoms with Gasteiger partial charge in [0.25, 0.3) is 6.43 Å². The highest BCUT2D eigenvalue weighted by Crippen LogP contribution is 2.24. The number of nitrogens with two attached hydrogens (primary N) is 1. The Morgan fingerprint density at radius 2 is 2.25 bits per heavy atom. The topological polar surface area (TPSA) is 35.2 Å². The van der Waals surface area contributed by atoms with Crippen molar-refractivity contribution in [2.45, 2.75) is 25.3 Å². The fraction of sp³-hybridized carbons (Fsp3) is 0.600. The summed E-state index contributed by atoms with van der Waals surface area (Å²) in [6.07, 6.45) is -1.06. The van der Waals surface area contributed by atoms with E-state index in [0.29, 0.717) is 6.42 Å². The van der Waals surface area contributed by atoms with Crippen molar-refractivity contribution in [1.29, 1.82) is 0 Å². The molecular weight excluding hydrogens is 300 g/mol. The SMILES string of the molecule is NC(CCOCC(F)F)Cc1sccc1Br. The summed E-state index contributed by atoms with van der Waals surface area (Å²) in [4.78, 5) is 1.18. The van der Waals surface area contributed by atoms with Crippen molar-refractivity contribution >= 4 is 27.3 Å². The Morgan fingerprint density at radius 3 is 2.81 bits per heavy atom. The average molecular weight is 314 g/mol. The van der Waals surface area contributed by atoms with Gasteiger partial charge in [-0.25, -0.2) is 8.78 Å². The maximum Gasteiger partial charge on any atom is 0.261 e. The molecule has 0 aliphatic carbocycles. The Kier molecular flexibility index (Phi) is 6.41. The molecule has 92 valence electrons. The van der Waals surface area contributed by atoms with Gasteiger partial charge >= 0.3 is 0 Å². The Hall–Kier alpha value is -0.0400. The zero-order chi connectivity index (χ0) is 12.0. The van der Waals surface area contributed by atoms with Crippen LogP contribution in [-0.4, -0.2) is 25.7 Å². The van der Waals surface area contributed by atoms with E-state index in [1.54, 1.807) is 11.3 Å². The summed E-state index contributed by atoms with van der Waals surface area (Å²) < 4.78 is 29.3. The molecular formula is C10H14BrF2NOS. The van der Waals surface area contributed by atoms with Crippen molar-refractivity contribution in [2.24, 2.45) is 5.73 Å². The molecule has 16 heavy (non-hydrogen) atoms. The van der Waals surface area contributed by atoms with Crippen LogP contribution in [-0.2, 0) is 11.2 Å². The van der Waals surface area contributed by atoms with Crippen LogP contribution in [0.5, 0.6) is 0 Å². The number of ether oxygens (including phenoxy) is 1. The lowest BCUT2D eigenvalue weighted by atomic mass is 10.1. The fourth-order valence-electron chi connectivity index (χ4n) is 1.22. The quantitative estimate of drug-likeness (QED) is 0.785. The summed E-state index contributed by atoms with van der Waals surface area (Å²) in [5.74, 6) is 0. The molecule has 1 unspecified atom stereocenters. The molecule has 1 heterocycles. The van der Waals surface area contributed by atoms with Gasteiger partial charge in [-0.05, 0) is 40.2 Å². The highest BCUT2D eigenvalue weighted by molar-refractivity contribution is 9.10. The van der Waals surface area contributed by atoms with Crippen molar-refractivity contribution in [3.8, 4) is 0 Å². The first kappa shape index (κ1) is 14.0. The Balaban J connectivity index is 2.16. The number of hydrogen-bond acceptors (Lipinski definition) is 3. The van der Waals surface area contributed by atoms with Gasteiger partial charge in [-0.1, -0.05) is 0 Å². The Labute approximate surface area is 106 Å². The maximum atomic E-state index is 11.8. The first-order chi connectivity index (χ1) is 7.59. The molecule has 2 nitrogen and oxygen atoms in total. The summed E-state index contributed by atoms with van der Waals surface area (Å²) in [6.45, 7) is -0.218. The van der Waals surface area contributed by atoms with Gasteiger partial charge in [-0.3, -0.25) is 0 Å². The molecule has 0 radical (unpaired) electrons. The van der Waals surface area contributed by atoms with E-state index in [2.05, 4.69) is 15.9 Å². The summed E-state index contributed by atoms with van der Waals surface area (Å²) in [6, 6.07) is 1.92. The predicted octanol–water partition coefficient (Wildman–Crippen LogP) is 3.05. The van der Waals surface area contributed by atoms with E-state index >= 15 is 0 Å². The van der Waals surface area contributed by atoms with Crippen LogP contribution in [0.2, 0.25) is 0 Å². The highest BCUT2D eigenvalue weighted by atomic mass is 79.9. The number of hydrogen-bond donors (Lipinski definition) is 1. The number of alkyl halides is 2. The molecule has 0 aromatic carbocycles. The molecule has 1 rings (SSSR count). The summed E-state index contributed by atoms with van der Waals surface area (Å²) in [5, 5.41) is 1.99. The molecule has 0 amide bonds. The van der Waals surface area contributed by atoms with E-state index in [4.69, 9.17) is 10.5 Å². The number of halogens is 3. The second-order valence-electron chi connectivity index (χ2n) is 3.41. The van der Waals surface area contributed by atoms with Gasteiger partial charge in [0.05, 0.1) is 0 Å². The largest absolute Gasteiger partial charge is 0.375 e. The zero-order valence-corrected chi connectivity index (χ0v) is 11.1. The predicted molar refractivity (Wildman–Crippen MR) is 65.1 cm³/mol. The van der Waals surface area contributed by atoms with Crippen molar-refractivity contribution < 1.29 is 13.5 Å². The second kappa shape index (κ2) is 7.32. The summed E-state index contributed by atoms with van der Waals surface area (Å²) in [5.41, 5.74) is 5.87. The lowest BCUT2D eigenvalue weighted by molar-refractivity contribution is 0.0153. The maximum absolute atomic E-state index is 11.8. The van der Waals surface area contributed by atoms with E-state index in [1.807, 2.05) is 11.4 Å². The molecule has 0 saturated carbocycles. The van der Waals surface area contributed by atoms with Crippen LogP contribution in [0.25, 0.3) is 0 Å². The third kappa shape index (κ3) is 5.34. The number of thiophene rings is 1. The minimum absolute atomic E-state index is 0.0485. The van der Waals surface area contributed by atoms with Crippen LogP contribution in [0.4, 0.5) is 8.78 Å². The molecule has 1 atom stereocenters. The lowest BCUT2D eigenvalue weighted by Gasteiger charge is -2.11. The molecule has 1 aromatic rings. The van der Waals surface area contributed by atoms with E-state index in [1.165, 1.54) is 4.88 Å². The van der Waals surface area contributed by atoms with Crippen LogP contribution >= 0.6 is 27.3 Å². The van der Waals surface area contributed by atoms with E-state index in [-0.39, 0.29) is 12.6 Å². The third-order valence-corrected chi connectivity index (χ3v) is 3.96. The van der Waals surface area contributed by atoms with Crippen LogP contribution in [0.1, 0.15) is 11.3 Å².